The third kappa shape index (κ3) is 3.27. The van der Waals surface area contributed by atoms with Crippen LogP contribution in [0.4, 0.5) is 0 Å². The lowest BCUT2D eigenvalue weighted by atomic mass is 10.4. The van der Waals surface area contributed by atoms with Gasteiger partial charge in [0.25, 0.3) is 10.0 Å². The Morgan fingerprint density at radius 3 is 2.76 bits per heavy atom. The lowest BCUT2D eigenvalue weighted by Gasteiger charge is -2.18. The van der Waals surface area contributed by atoms with Crippen molar-refractivity contribution in [1.82, 2.24) is 14.5 Å². The van der Waals surface area contributed by atoms with Crippen LogP contribution in [0.15, 0.2) is 17.3 Å². The monoisotopic (exact) mass is 261 g/mol. The molecule has 1 N–H and O–H groups in total. The fourth-order valence-corrected chi connectivity index (χ4v) is 2.64. The van der Waals surface area contributed by atoms with Crippen molar-refractivity contribution in [3.05, 3.63) is 12.3 Å². The van der Waals surface area contributed by atoms with E-state index in [1.54, 1.807) is 6.92 Å². The molecule has 1 heterocycles. The van der Waals surface area contributed by atoms with Crippen LogP contribution < -0.4 is 0 Å². The summed E-state index contributed by atoms with van der Waals surface area (Å²) in [6.07, 6.45) is 1.39. The Kier molecular flexibility index (Phi) is 4.64. The van der Waals surface area contributed by atoms with E-state index < -0.39 is 16.0 Å². The topological polar surface area (TPSA) is 92.4 Å². The van der Waals surface area contributed by atoms with Gasteiger partial charge in [0.05, 0.1) is 19.7 Å². The van der Waals surface area contributed by atoms with Crippen LogP contribution in [0.5, 0.6) is 0 Å². The van der Waals surface area contributed by atoms with Crippen molar-refractivity contribution in [3.63, 3.8) is 0 Å². The average molecular weight is 261 g/mol. The first kappa shape index (κ1) is 13.7. The van der Waals surface area contributed by atoms with Crippen LogP contribution in [0, 0.1) is 0 Å². The number of sulfonamides is 1. The van der Waals surface area contributed by atoms with Gasteiger partial charge < -0.3 is 4.74 Å². The maximum Gasteiger partial charge on any atom is 0.306 e. The first-order valence-corrected chi connectivity index (χ1v) is 6.52. The number of H-pyrrole nitrogens is 1. The van der Waals surface area contributed by atoms with Crippen LogP contribution in [0.25, 0.3) is 0 Å². The third-order valence-corrected chi connectivity index (χ3v) is 4.14. The summed E-state index contributed by atoms with van der Waals surface area (Å²) in [5.41, 5.74) is 0. The molecule has 0 aromatic carbocycles. The molecule has 8 heteroatoms. The summed E-state index contributed by atoms with van der Waals surface area (Å²) in [5.74, 6) is -0.441. The van der Waals surface area contributed by atoms with Gasteiger partial charge in [-0.1, -0.05) is 6.92 Å². The quantitative estimate of drug-likeness (QED) is 0.727. The minimum Gasteiger partial charge on any atom is -0.469 e. The van der Waals surface area contributed by atoms with Gasteiger partial charge in [-0.15, -0.1) is 0 Å². The first-order valence-electron chi connectivity index (χ1n) is 5.08. The van der Waals surface area contributed by atoms with Crippen molar-refractivity contribution in [2.45, 2.75) is 18.4 Å². The number of rotatable bonds is 6. The van der Waals surface area contributed by atoms with Crippen LogP contribution in [-0.2, 0) is 19.6 Å². The first-order chi connectivity index (χ1) is 8.02. The Balaban J connectivity index is 2.77. The predicted octanol–water partition coefficient (Wildman–Crippen LogP) is -0.0166. The second-order valence-corrected chi connectivity index (χ2v) is 5.15. The molecule has 96 valence electrons. The summed E-state index contributed by atoms with van der Waals surface area (Å²) >= 11 is 0. The molecule has 7 nitrogen and oxygen atoms in total. The number of nitrogens with zero attached hydrogens (tertiary/aromatic N) is 2. The maximum atomic E-state index is 12.0. The molecule has 0 aliphatic heterocycles. The molecular weight excluding hydrogens is 246 g/mol. The summed E-state index contributed by atoms with van der Waals surface area (Å²) in [6, 6.07) is 1.37. The number of esters is 1. The number of aromatic amines is 1. The van der Waals surface area contributed by atoms with E-state index in [0.717, 1.165) is 0 Å². The van der Waals surface area contributed by atoms with Gasteiger partial charge in [-0.2, -0.15) is 9.40 Å². The second kappa shape index (κ2) is 5.78. The number of methoxy groups -OCH3 is 1. The zero-order chi connectivity index (χ0) is 12.9. The number of aromatic nitrogens is 2. The van der Waals surface area contributed by atoms with Gasteiger partial charge in [-0.25, -0.2) is 8.42 Å². The average Bonchev–Trinajstić information content (AvgIpc) is 2.83. The number of hydrogen-bond acceptors (Lipinski definition) is 5. The molecule has 1 aromatic heterocycles. The Labute approximate surface area is 99.8 Å². The molecule has 0 amide bonds. The highest BCUT2D eigenvalue weighted by Crippen LogP contribution is 2.12. The second-order valence-electron chi connectivity index (χ2n) is 3.24. The summed E-state index contributed by atoms with van der Waals surface area (Å²) in [6.45, 7) is 2.06. The van der Waals surface area contributed by atoms with E-state index in [2.05, 4.69) is 14.9 Å². The molecule has 0 aliphatic rings. The number of ether oxygens (including phenoxy) is 1. The van der Waals surface area contributed by atoms with E-state index in [9.17, 15) is 13.2 Å². The lowest BCUT2D eigenvalue weighted by Crippen LogP contribution is -2.33. The summed E-state index contributed by atoms with van der Waals surface area (Å²) in [5, 5.41) is 6.01. The summed E-state index contributed by atoms with van der Waals surface area (Å²) < 4.78 is 29.7. The molecule has 17 heavy (non-hydrogen) atoms. The molecule has 0 radical (unpaired) electrons. The fourth-order valence-electron chi connectivity index (χ4n) is 1.29. The van der Waals surface area contributed by atoms with Gasteiger partial charge in [0.1, 0.15) is 0 Å². The smallest absolute Gasteiger partial charge is 0.306 e. The van der Waals surface area contributed by atoms with Crippen molar-refractivity contribution in [3.8, 4) is 0 Å². The summed E-state index contributed by atoms with van der Waals surface area (Å²) in [4.78, 5) is 11.0. The lowest BCUT2D eigenvalue weighted by molar-refractivity contribution is -0.140. The van der Waals surface area contributed by atoms with Crippen molar-refractivity contribution >= 4 is 16.0 Å². The Morgan fingerprint density at radius 1 is 1.59 bits per heavy atom. The SMILES string of the molecule is CCN(CCC(=O)OC)S(=O)(=O)c1ccn[nH]1. The number of carbonyl (C=O) groups is 1. The molecule has 0 fully saturated rings. The van der Waals surface area contributed by atoms with Crippen LogP contribution in [0.3, 0.4) is 0 Å². The number of nitrogens with one attached hydrogen (secondary N) is 1. The Hall–Kier alpha value is -1.41. The third-order valence-electron chi connectivity index (χ3n) is 2.24. The molecular formula is C9H15N3O4S. The van der Waals surface area contributed by atoms with E-state index in [1.165, 1.54) is 23.7 Å². The number of carbonyl (C=O) groups excluding carboxylic acids is 1. The molecule has 1 aromatic rings. The zero-order valence-corrected chi connectivity index (χ0v) is 10.5. The van der Waals surface area contributed by atoms with Crippen molar-refractivity contribution in [2.24, 2.45) is 0 Å². The molecule has 0 aliphatic carbocycles. The van der Waals surface area contributed by atoms with Crippen LogP contribution >= 0.6 is 0 Å². The number of hydrogen-bond donors (Lipinski definition) is 1. The highest BCUT2D eigenvalue weighted by Gasteiger charge is 2.24. The Bertz CT molecular complexity index is 455. The van der Waals surface area contributed by atoms with Gasteiger partial charge in [-0.3, -0.25) is 9.89 Å². The highest BCUT2D eigenvalue weighted by molar-refractivity contribution is 7.89. The van der Waals surface area contributed by atoms with E-state index >= 15 is 0 Å². The van der Waals surface area contributed by atoms with Crippen LogP contribution in [0.1, 0.15) is 13.3 Å². The van der Waals surface area contributed by atoms with E-state index in [-0.39, 0.29) is 24.5 Å². The molecule has 0 atom stereocenters. The largest absolute Gasteiger partial charge is 0.469 e. The van der Waals surface area contributed by atoms with Crippen LogP contribution in [-0.4, -0.2) is 49.1 Å². The van der Waals surface area contributed by atoms with Crippen molar-refractivity contribution < 1.29 is 17.9 Å². The molecule has 1 rings (SSSR count). The van der Waals surface area contributed by atoms with Gasteiger partial charge in [0, 0.05) is 13.1 Å². The van der Waals surface area contributed by atoms with E-state index in [0.29, 0.717) is 0 Å². The molecule has 0 saturated carbocycles. The van der Waals surface area contributed by atoms with E-state index in [4.69, 9.17) is 0 Å². The van der Waals surface area contributed by atoms with Gasteiger partial charge in [0.15, 0.2) is 5.03 Å². The van der Waals surface area contributed by atoms with Gasteiger partial charge >= 0.3 is 5.97 Å². The highest BCUT2D eigenvalue weighted by atomic mass is 32.2. The summed E-state index contributed by atoms with van der Waals surface area (Å²) in [7, 11) is -2.34. The minimum atomic E-state index is -3.60. The molecule has 0 spiro atoms. The van der Waals surface area contributed by atoms with Crippen LogP contribution in [0.2, 0.25) is 0 Å². The molecule has 0 saturated heterocycles. The minimum absolute atomic E-state index is 0.0178. The molecule has 0 unspecified atom stereocenters. The van der Waals surface area contributed by atoms with Gasteiger partial charge in [0.2, 0.25) is 0 Å². The van der Waals surface area contributed by atoms with Crippen molar-refractivity contribution in [1.29, 1.82) is 0 Å². The van der Waals surface area contributed by atoms with Crippen molar-refractivity contribution in [2.75, 3.05) is 20.2 Å². The standard InChI is InChI=1S/C9H15N3O4S/c1-3-12(7-5-9(13)16-2)17(14,15)8-4-6-10-11-8/h4,6H,3,5,7H2,1-2H3,(H,10,11). The normalized spacial score (nSPS) is 11.7. The maximum absolute atomic E-state index is 12.0. The zero-order valence-electron chi connectivity index (χ0n) is 9.71. The fraction of sp³-hybridized carbons (Fsp3) is 0.556. The van der Waals surface area contributed by atoms with Gasteiger partial charge in [-0.05, 0) is 6.07 Å². The Morgan fingerprint density at radius 2 is 2.29 bits per heavy atom. The predicted molar refractivity (Wildman–Crippen MR) is 59.7 cm³/mol. The molecule has 0 bridgehead atoms. The van der Waals surface area contributed by atoms with E-state index in [1.807, 2.05) is 0 Å².